The van der Waals surface area contributed by atoms with E-state index in [-0.39, 0.29) is 19.0 Å². The summed E-state index contributed by atoms with van der Waals surface area (Å²) in [5, 5.41) is 15.1. The zero-order chi connectivity index (χ0) is 15.9. The Balaban J connectivity index is 2.25. The second-order valence-electron chi connectivity index (χ2n) is 4.21. The van der Waals surface area contributed by atoms with Crippen LogP contribution in [0.25, 0.3) is 10.9 Å². The molecule has 0 aliphatic rings. The number of fused-ring (bicyclic) bond motifs is 1. The van der Waals surface area contributed by atoms with Crippen molar-refractivity contribution in [3.63, 3.8) is 0 Å². The van der Waals surface area contributed by atoms with Crippen molar-refractivity contribution >= 4 is 28.7 Å². The number of hydrogen-bond acceptors (Lipinski definition) is 7. The van der Waals surface area contributed by atoms with Gasteiger partial charge in [0.2, 0.25) is 5.82 Å². The molecule has 0 saturated heterocycles. The molecule has 1 heterocycles. The molecular weight excluding hydrogens is 288 g/mol. The summed E-state index contributed by atoms with van der Waals surface area (Å²) in [7, 11) is 0. The number of nitrogens with zero attached hydrogens (tertiary/aromatic N) is 3. The second kappa shape index (κ2) is 7.30. The minimum Gasteiger partial charge on any atom is -0.464 e. The first-order valence-electron chi connectivity index (χ1n) is 6.84. The van der Waals surface area contributed by atoms with Gasteiger partial charge in [-0.1, -0.05) is 12.1 Å². The van der Waals surface area contributed by atoms with E-state index < -0.39 is 18.0 Å². The normalized spacial score (nSPS) is 11.2. The molecule has 1 aromatic heterocycles. The van der Waals surface area contributed by atoms with Gasteiger partial charge in [0, 0.05) is 5.39 Å². The molecule has 0 radical (unpaired) electrons. The molecule has 0 saturated carbocycles. The zero-order valence-electron chi connectivity index (χ0n) is 12.3. The van der Waals surface area contributed by atoms with E-state index in [1.54, 1.807) is 19.9 Å². The van der Waals surface area contributed by atoms with Gasteiger partial charge in [-0.25, -0.2) is 9.59 Å². The van der Waals surface area contributed by atoms with Crippen molar-refractivity contribution in [1.29, 1.82) is 0 Å². The molecule has 0 bridgehead atoms. The molecule has 0 aliphatic carbocycles. The first kappa shape index (κ1) is 15.6. The summed E-state index contributed by atoms with van der Waals surface area (Å²) in [4.78, 5) is 23.6. The molecule has 0 aliphatic heterocycles. The fourth-order valence-corrected chi connectivity index (χ4v) is 1.77. The van der Waals surface area contributed by atoms with Gasteiger partial charge >= 0.3 is 11.9 Å². The van der Waals surface area contributed by atoms with Crippen LogP contribution in [-0.2, 0) is 19.1 Å². The quantitative estimate of drug-likeness (QED) is 0.500. The number of aromatic nitrogens is 2. The number of H-pyrrole nitrogens is 1. The Morgan fingerprint density at radius 1 is 1.18 bits per heavy atom. The van der Waals surface area contributed by atoms with Gasteiger partial charge in [-0.15, -0.1) is 5.11 Å². The zero-order valence-corrected chi connectivity index (χ0v) is 12.3. The van der Waals surface area contributed by atoms with Crippen molar-refractivity contribution in [3.8, 4) is 0 Å². The smallest absolute Gasteiger partial charge is 0.344 e. The summed E-state index contributed by atoms with van der Waals surface area (Å²) in [6.07, 6.45) is 0. The average Bonchev–Trinajstić information content (AvgIpc) is 2.91. The predicted octanol–water partition coefficient (Wildman–Crippen LogP) is 2.14. The number of carbonyl (C=O) groups is 2. The fraction of sp³-hybridized carbons (Fsp3) is 0.357. The highest BCUT2D eigenvalue weighted by molar-refractivity contribution is 5.99. The number of benzene rings is 1. The molecule has 0 unspecified atom stereocenters. The van der Waals surface area contributed by atoms with Crippen LogP contribution in [0.15, 0.2) is 34.5 Å². The van der Waals surface area contributed by atoms with Crippen molar-refractivity contribution < 1.29 is 19.1 Å². The first-order valence-corrected chi connectivity index (χ1v) is 6.84. The number of aromatic amines is 1. The molecule has 1 aromatic carbocycles. The molecule has 8 nitrogen and oxygen atoms in total. The maximum Gasteiger partial charge on any atom is 0.344 e. The van der Waals surface area contributed by atoms with E-state index in [0.717, 1.165) is 10.9 Å². The molecule has 2 rings (SSSR count). The van der Waals surface area contributed by atoms with Crippen LogP contribution < -0.4 is 0 Å². The molecular formula is C14H16N4O4. The molecule has 8 heteroatoms. The molecule has 22 heavy (non-hydrogen) atoms. The molecule has 0 fully saturated rings. The molecule has 2 aromatic rings. The standard InChI is InChI=1S/C14H16N4O4/c1-3-21-13(19)11(14(20)22-4-2)16-18-12-9-7-5-6-8-10(9)15-17-12/h5-8,11H,3-4H2,1-2H3,(H,15,17). The highest BCUT2D eigenvalue weighted by Gasteiger charge is 2.29. The number of nitrogens with one attached hydrogen (secondary N) is 1. The van der Waals surface area contributed by atoms with Crippen molar-refractivity contribution in [1.82, 2.24) is 10.2 Å². The maximum absolute atomic E-state index is 11.8. The summed E-state index contributed by atoms with van der Waals surface area (Å²) in [5.41, 5.74) is 0.778. The Bertz CT molecular complexity index is 677. The minimum atomic E-state index is -1.45. The summed E-state index contributed by atoms with van der Waals surface area (Å²) in [6.45, 7) is 3.54. The fourth-order valence-electron chi connectivity index (χ4n) is 1.77. The van der Waals surface area contributed by atoms with Crippen LogP contribution in [0.3, 0.4) is 0 Å². The third-order valence-corrected chi connectivity index (χ3v) is 2.74. The van der Waals surface area contributed by atoms with E-state index in [1.165, 1.54) is 0 Å². The lowest BCUT2D eigenvalue weighted by Crippen LogP contribution is -2.31. The van der Waals surface area contributed by atoms with Crippen LogP contribution in [-0.4, -0.2) is 41.4 Å². The van der Waals surface area contributed by atoms with E-state index >= 15 is 0 Å². The summed E-state index contributed by atoms with van der Waals surface area (Å²) in [6, 6.07) is 5.86. The van der Waals surface area contributed by atoms with Crippen LogP contribution in [0, 0.1) is 0 Å². The summed E-state index contributed by atoms with van der Waals surface area (Å²) >= 11 is 0. The Kier molecular flexibility index (Phi) is 5.18. The number of azo groups is 1. The van der Waals surface area contributed by atoms with Gasteiger partial charge in [-0.2, -0.15) is 10.2 Å². The van der Waals surface area contributed by atoms with Crippen molar-refractivity contribution in [2.45, 2.75) is 19.9 Å². The third-order valence-electron chi connectivity index (χ3n) is 2.74. The van der Waals surface area contributed by atoms with E-state index in [2.05, 4.69) is 20.4 Å². The summed E-state index contributed by atoms with van der Waals surface area (Å²) < 4.78 is 9.61. The summed E-state index contributed by atoms with van der Waals surface area (Å²) in [5.74, 6) is -1.32. The van der Waals surface area contributed by atoms with Crippen molar-refractivity contribution in [2.75, 3.05) is 13.2 Å². The van der Waals surface area contributed by atoms with Gasteiger partial charge in [-0.3, -0.25) is 5.10 Å². The Morgan fingerprint density at radius 2 is 1.82 bits per heavy atom. The van der Waals surface area contributed by atoms with Gasteiger partial charge in [-0.05, 0) is 26.0 Å². The number of rotatable bonds is 6. The first-order chi connectivity index (χ1) is 10.7. The van der Waals surface area contributed by atoms with Crippen LogP contribution in [0.2, 0.25) is 0 Å². The SMILES string of the molecule is CCOC(=O)C(N=Nc1n[nH]c2ccccc12)C(=O)OCC. The van der Waals surface area contributed by atoms with Crippen LogP contribution in [0.5, 0.6) is 0 Å². The molecule has 0 amide bonds. The van der Waals surface area contributed by atoms with E-state index in [1.807, 2.05) is 18.2 Å². The molecule has 0 atom stereocenters. The Labute approximate surface area is 126 Å². The number of para-hydroxylation sites is 1. The molecule has 116 valence electrons. The number of carbonyl (C=O) groups excluding carboxylic acids is 2. The maximum atomic E-state index is 11.8. The van der Waals surface area contributed by atoms with Crippen molar-refractivity contribution in [2.24, 2.45) is 10.2 Å². The van der Waals surface area contributed by atoms with Gasteiger partial charge in [0.25, 0.3) is 6.04 Å². The van der Waals surface area contributed by atoms with E-state index in [4.69, 9.17) is 9.47 Å². The van der Waals surface area contributed by atoms with Crippen molar-refractivity contribution in [3.05, 3.63) is 24.3 Å². The largest absolute Gasteiger partial charge is 0.464 e. The number of esters is 2. The predicted molar refractivity (Wildman–Crippen MR) is 77.7 cm³/mol. The van der Waals surface area contributed by atoms with Crippen LogP contribution >= 0.6 is 0 Å². The third kappa shape index (κ3) is 3.46. The lowest BCUT2D eigenvalue weighted by molar-refractivity contribution is -0.156. The highest BCUT2D eigenvalue weighted by Crippen LogP contribution is 2.23. The van der Waals surface area contributed by atoms with Gasteiger partial charge in [0.05, 0.1) is 18.7 Å². The monoisotopic (exact) mass is 304 g/mol. The Morgan fingerprint density at radius 3 is 2.45 bits per heavy atom. The molecule has 0 spiro atoms. The van der Waals surface area contributed by atoms with Gasteiger partial charge in [0.1, 0.15) is 0 Å². The van der Waals surface area contributed by atoms with Crippen LogP contribution in [0.1, 0.15) is 13.8 Å². The number of ether oxygens (including phenoxy) is 2. The van der Waals surface area contributed by atoms with Crippen LogP contribution in [0.4, 0.5) is 5.82 Å². The minimum absolute atomic E-state index is 0.135. The highest BCUT2D eigenvalue weighted by atomic mass is 16.6. The lowest BCUT2D eigenvalue weighted by Gasteiger charge is -2.08. The second-order valence-corrected chi connectivity index (χ2v) is 4.21. The van der Waals surface area contributed by atoms with E-state index in [9.17, 15) is 9.59 Å². The topological polar surface area (TPSA) is 106 Å². The molecule has 1 N–H and O–H groups in total. The average molecular weight is 304 g/mol. The van der Waals surface area contributed by atoms with E-state index in [0.29, 0.717) is 0 Å². The van der Waals surface area contributed by atoms with Gasteiger partial charge in [0.15, 0.2) is 0 Å². The lowest BCUT2D eigenvalue weighted by atomic mass is 10.2. The number of hydrogen-bond donors (Lipinski definition) is 1. The Hall–Kier alpha value is -2.77. The van der Waals surface area contributed by atoms with Gasteiger partial charge < -0.3 is 9.47 Å².